The summed E-state index contributed by atoms with van der Waals surface area (Å²) in [6.07, 6.45) is 0. The van der Waals surface area contributed by atoms with Gasteiger partial charge in [0, 0.05) is 38.9 Å². The lowest BCUT2D eigenvalue weighted by Crippen LogP contribution is -2.48. The highest BCUT2D eigenvalue weighted by molar-refractivity contribution is 7.17. The maximum Gasteiger partial charge on any atom is 0.272 e. The Morgan fingerprint density at radius 2 is 1.76 bits per heavy atom. The van der Waals surface area contributed by atoms with Gasteiger partial charge in [0.15, 0.2) is 0 Å². The van der Waals surface area contributed by atoms with Crippen LogP contribution < -0.4 is 15.4 Å². The van der Waals surface area contributed by atoms with Crippen molar-refractivity contribution in [1.29, 1.82) is 0 Å². The molecule has 0 atom stereocenters. The van der Waals surface area contributed by atoms with Crippen LogP contribution in [0.15, 0.2) is 34.4 Å². The molecule has 1 aliphatic rings. The fraction of sp³-hybridized carbons (Fsp3) is 0.368. The molecule has 0 spiro atoms. The number of aryl methyl sites for hydroxylation is 1. The summed E-state index contributed by atoms with van der Waals surface area (Å²) in [5.41, 5.74) is 4.84. The minimum Gasteiger partial charge on any atom is -0.368 e. The van der Waals surface area contributed by atoms with Crippen LogP contribution in [0.2, 0.25) is 0 Å². The van der Waals surface area contributed by atoms with Crippen LogP contribution in [-0.4, -0.2) is 35.7 Å². The fourth-order valence-electron chi connectivity index (χ4n) is 3.48. The Morgan fingerprint density at radius 3 is 2.52 bits per heavy atom. The zero-order valence-corrected chi connectivity index (χ0v) is 15.6. The lowest BCUT2D eigenvalue weighted by Gasteiger charge is -2.37. The molecule has 1 aliphatic heterocycles. The Labute approximate surface area is 151 Å². The SMILES string of the molecule is Cc1cccc(N2CCN(c3nc4ccsc4c(=O)n3C)CC2)c1C. The van der Waals surface area contributed by atoms with Crippen molar-refractivity contribution in [3.05, 3.63) is 51.1 Å². The summed E-state index contributed by atoms with van der Waals surface area (Å²) in [6.45, 7) is 7.94. The molecule has 0 unspecified atom stereocenters. The van der Waals surface area contributed by atoms with Crippen molar-refractivity contribution in [2.24, 2.45) is 7.05 Å². The first-order valence-electron chi connectivity index (χ1n) is 8.56. The summed E-state index contributed by atoms with van der Waals surface area (Å²) in [5, 5.41) is 1.93. The van der Waals surface area contributed by atoms with E-state index in [4.69, 9.17) is 4.98 Å². The van der Waals surface area contributed by atoms with Crippen molar-refractivity contribution in [2.45, 2.75) is 13.8 Å². The van der Waals surface area contributed by atoms with E-state index < -0.39 is 0 Å². The third-order valence-electron chi connectivity index (χ3n) is 5.14. The van der Waals surface area contributed by atoms with E-state index in [1.165, 1.54) is 28.2 Å². The lowest BCUT2D eigenvalue weighted by atomic mass is 10.1. The number of rotatable bonds is 2. The van der Waals surface area contributed by atoms with E-state index in [1.54, 1.807) is 4.57 Å². The Hall–Kier alpha value is -2.34. The first-order chi connectivity index (χ1) is 12.1. The highest BCUT2D eigenvalue weighted by atomic mass is 32.1. The molecule has 1 saturated heterocycles. The Balaban J connectivity index is 1.59. The molecular weight excluding hydrogens is 332 g/mol. The van der Waals surface area contributed by atoms with Crippen LogP contribution in [-0.2, 0) is 7.05 Å². The standard InChI is InChI=1S/C19H22N4OS/c1-13-5-4-6-16(14(13)2)22-8-10-23(11-9-22)19-20-15-7-12-25-17(15)18(24)21(19)3/h4-7,12H,8-11H2,1-3H3. The van der Waals surface area contributed by atoms with Crippen LogP contribution in [0, 0.1) is 13.8 Å². The van der Waals surface area contributed by atoms with Crippen molar-refractivity contribution in [1.82, 2.24) is 9.55 Å². The first-order valence-corrected chi connectivity index (χ1v) is 9.44. The quantitative estimate of drug-likeness (QED) is 0.710. The van der Waals surface area contributed by atoms with Gasteiger partial charge >= 0.3 is 0 Å². The summed E-state index contributed by atoms with van der Waals surface area (Å²) in [5.74, 6) is 0.775. The second kappa shape index (κ2) is 6.19. The van der Waals surface area contributed by atoms with Crippen LogP contribution in [0.5, 0.6) is 0 Å². The van der Waals surface area contributed by atoms with E-state index >= 15 is 0 Å². The molecule has 130 valence electrons. The summed E-state index contributed by atoms with van der Waals surface area (Å²) in [7, 11) is 1.82. The minimum atomic E-state index is 0.0481. The van der Waals surface area contributed by atoms with E-state index in [2.05, 4.69) is 41.8 Å². The van der Waals surface area contributed by atoms with Crippen molar-refractivity contribution in [3.8, 4) is 0 Å². The predicted octanol–water partition coefficient (Wildman–Crippen LogP) is 2.94. The van der Waals surface area contributed by atoms with Crippen LogP contribution in [0.25, 0.3) is 10.2 Å². The molecule has 0 N–H and O–H groups in total. The number of hydrogen-bond acceptors (Lipinski definition) is 5. The molecule has 5 nitrogen and oxygen atoms in total. The number of benzene rings is 1. The van der Waals surface area contributed by atoms with Crippen molar-refractivity contribution in [2.75, 3.05) is 36.0 Å². The summed E-state index contributed by atoms with van der Waals surface area (Å²) < 4.78 is 2.42. The molecule has 2 aromatic heterocycles. The van der Waals surface area contributed by atoms with Gasteiger partial charge in [-0.05, 0) is 42.5 Å². The monoisotopic (exact) mass is 354 g/mol. The highest BCUT2D eigenvalue weighted by Crippen LogP contribution is 2.25. The average Bonchev–Trinajstić information content (AvgIpc) is 3.09. The molecule has 3 aromatic rings. The van der Waals surface area contributed by atoms with Gasteiger partial charge in [-0.3, -0.25) is 9.36 Å². The van der Waals surface area contributed by atoms with Gasteiger partial charge in [0.2, 0.25) is 5.95 Å². The third-order valence-corrected chi connectivity index (χ3v) is 6.03. The number of anilines is 2. The number of thiophene rings is 1. The van der Waals surface area contributed by atoms with Crippen molar-refractivity contribution >= 4 is 33.2 Å². The molecule has 25 heavy (non-hydrogen) atoms. The summed E-state index contributed by atoms with van der Waals surface area (Å²) in [4.78, 5) is 21.9. The molecule has 1 aromatic carbocycles. The molecule has 6 heteroatoms. The van der Waals surface area contributed by atoms with Crippen LogP contribution in [0.1, 0.15) is 11.1 Å². The van der Waals surface area contributed by atoms with E-state index in [0.29, 0.717) is 0 Å². The maximum atomic E-state index is 12.5. The van der Waals surface area contributed by atoms with Gasteiger partial charge in [-0.2, -0.15) is 0 Å². The van der Waals surface area contributed by atoms with Crippen LogP contribution in [0.3, 0.4) is 0 Å². The molecule has 0 saturated carbocycles. The number of piperazine rings is 1. The van der Waals surface area contributed by atoms with E-state index in [9.17, 15) is 4.79 Å². The predicted molar refractivity (Wildman–Crippen MR) is 105 cm³/mol. The Kier molecular flexibility index (Phi) is 4.00. The van der Waals surface area contributed by atoms with Crippen molar-refractivity contribution in [3.63, 3.8) is 0 Å². The number of nitrogens with zero attached hydrogens (tertiary/aromatic N) is 4. The second-order valence-corrected chi connectivity index (χ2v) is 7.52. The van der Waals surface area contributed by atoms with E-state index in [1.807, 2.05) is 18.5 Å². The minimum absolute atomic E-state index is 0.0481. The lowest BCUT2D eigenvalue weighted by molar-refractivity contribution is 0.622. The van der Waals surface area contributed by atoms with Gasteiger partial charge in [-0.15, -0.1) is 11.3 Å². The van der Waals surface area contributed by atoms with Crippen molar-refractivity contribution < 1.29 is 0 Å². The third kappa shape index (κ3) is 2.70. The van der Waals surface area contributed by atoms with Crippen LogP contribution in [0.4, 0.5) is 11.6 Å². The molecule has 0 radical (unpaired) electrons. The molecule has 0 amide bonds. The van der Waals surface area contributed by atoms with E-state index in [-0.39, 0.29) is 5.56 Å². The fourth-order valence-corrected chi connectivity index (χ4v) is 4.29. The zero-order valence-electron chi connectivity index (χ0n) is 14.8. The molecule has 4 rings (SSSR count). The normalized spacial score (nSPS) is 15.2. The molecule has 1 fully saturated rings. The van der Waals surface area contributed by atoms with Gasteiger partial charge in [0.1, 0.15) is 4.70 Å². The van der Waals surface area contributed by atoms with Gasteiger partial charge in [0.05, 0.1) is 5.52 Å². The number of hydrogen-bond donors (Lipinski definition) is 0. The topological polar surface area (TPSA) is 41.4 Å². The molecular formula is C19H22N4OS. The molecule has 0 aliphatic carbocycles. The van der Waals surface area contributed by atoms with Gasteiger partial charge in [0.25, 0.3) is 5.56 Å². The molecule has 3 heterocycles. The van der Waals surface area contributed by atoms with Gasteiger partial charge in [-0.25, -0.2) is 4.98 Å². The maximum absolute atomic E-state index is 12.5. The summed E-state index contributed by atoms with van der Waals surface area (Å²) in [6, 6.07) is 8.41. The highest BCUT2D eigenvalue weighted by Gasteiger charge is 2.22. The second-order valence-electron chi connectivity index (χ2n) is 6.60. The largest absolute Gasteiger partial charge is 0.368 e. The first kappa shape index (κ1) is 16.1. The van der Waals surface area contributed by atoms with Gasteiger partial charge in [-0.1, -0.05) is 12.1 Å². The van der Waals surface area contributed by atoms with E-state index in [0.717, 1.165) is 42.3 Å². The molecule has 0 bridgehead atoms. The summed E-state index contributed by atoms with van der Waals surface area (Å²) >= 11 is 1.46. The smallest absolute Gasteiger partial charge is 0.272 e. The average molecular weight is 354 g/mol. The zero-order chi connectivity index (χ0) is 17.6. The number of fused-ring (bicyclic) bond motifs is 1. The van der Waals surface area contributed by atoms with Crippen LogP contribution >= 0.6 is 11.3 Å². The Bertz CT molecular complexity index is 983. The number of aromatic nitrogens is 2. The van der Waals surface area contributed by atoms with Gasteiger partial charge < -0.3 is 9.80 Å². The Morgan fingerprint density at radius 1 is 1.04 bits per heavy atom.